The van der Waals surface area contributed by atoms with E-state index in [1.54, 1.807) is 0 Å². The second kappa shape index (κ2) is 8.98. The molecule has 0 amide bonds. The van der Waals surface area contributed by atoms with Crippen molar-refractivity contribution in [3.05, 3.63) is 28.2 Å². The van der Waals surface area contributed by atoms with Gasteiger partial charge in [0.25, 0.3) is 0 Å². The van der Waals surface area contributed by atoms with Gasteiger partial charge in [0.2, 0.25) is 0 Å². The number of nitrogens with zero attached hydrogens (tertiary/aromatic N) is 1. The van der Waals surface area contributed by atoms with Crippen molar-refractivity contribution in [3.8, 4) is 6.07 Å². The maximum absolute atomic E-state index is 8.80. The molecular formula is C16H23BrN2. The van der Waals surface area contributed by atoms with E-state index in [9.17, 15) is 0 Å². The zero-order chi connectivity index (χ0) is 14.1. The Morgan fingerprint density at radius 1 is 1.21 bits per heavy atom. The first-order valence-electron chi connectivity index (χ1n) is 7.07. The van der Waals surface area contributed by atoms with Gasteiger partial charge < -0.3 is 5.32 Å². The molecule has 0 bridgehead atoms. The van der Waals surface area contributed by atoms with Crippen LogP contribution in [0.1, 0.15) is 51.5 Å². The molecule has 1 rings (SSSR count). The number of halogens is 1. The van der Waals surface area contributed by atoms with E-state index in [-0.39, 0.29) is 0 Å². The van der Waals surface area contributed by atoms with Crippen molar-refractivity contribution in [2.45, 2.75) is 46.0 Å². The molecule has 2 nitrogen and oxygen atoms in total. The van der Waals surface area contributed by atoms with E-state index in [1.165, 1.54) is 32.1 Å². The third-order valence-corrected chi connectivity index (χ3v) is 3.78. The van der Waals surface area contributed by atoms with E-state index >= 15 is 0 Å². The topological polar surface area (TPSA) is 35.8 Å². The Hall–Kier alpha value is -1.01. The van der Waals surface area contributed by atoms with Gasteiger partial charge in [0, 0.05) is 16.7 Å². The molecular weight excluding hydrogens is 300 g/mol. The zero-order valence-corrected chi connectivity index (χ0v) is 13.5. The normalized spacial score (nSPS) is 10.5. The molecule has 0 heterocycles. The number of hydrogen-bond acceptors (Lipinski definition) is 2. The summed E-state index contributed by atoms with van der Waals surface area (Å²) in [5.74, 6) is 0.827. The summed E-state index contributed by atoms with van der Waals surface area (Å²) in [6.45, 7) is 5.56. The van der Waals surface area contributed by atoms with E-state index < -0.39 is 0 Å². The smallest absolute Gasteiger partial charge is 0.0992 e. The number of unbranched alkanes of at least 4 members (excludes halogenated alkanes) is 3. The second-order valence-electron chi connectivity index (χ2n) is 5.33. The fourth-order valence-corrected chi connectivity index (χ4v) is 2.50. The molecule has 0 spiro atoms. The molecule has 0 saturated heterocycles. The van der Waals surface area contributed by atoms with Gasteiger partial charge in [-0.15, -0.1) is 0 Å². The van der Waals surface area contributed by atoms with E-state index in [2.05, 4.69) is 41.2 Å². The molecule has 19 heavy (non-hydrogen) atoms. The molecule has 0 aromatic heterocycles. The van der Waals surface area contributed by atoms with Crippen LogP contribution in [-0.2, 0) is 0 Å². The average Bonchev–Trinajstić information content (AvgIpc) is 2.38. The highest BCUT2D eigenvalue weighted by Gasteiger charge is 2.00. The lowest BCUT2D eigenvalue weighted by atomic mass is 10.0. The lowest BCUT2D eigenvalue weighted by Gasteiger charge is -2.09. The van der Waals surface area contributed by atoms with Crippen molar-refractivity contribution in [1.29, 1.82) is 5.26 Å². The first-order valence-corrected chi connectivity index (χ1v) is 7.86. The standard InChI is InChI=1S/C16H23BrN2/c1-13(2)7-5-3-4-6-10-19-16-9-8-14(12-18)11-15(16)17/h8-9,11,13,19H,3-7,10H2,1-2H3. The highest BCUT2D eigenvalue weighted by Crippen LogP contribution is 2.23. The Morgan fingerprint density at radius 2 is 1.95 bits per heavy atom. The van der Waals surface area contributed by atoms with Crippen LogP contribution >= 0.6 is 15.9 Å². The molecule has 0 aliphatic rings. The average molecular weight is 323 g/mol. The number of nitrogens with one attached hydrogen (secondary N) is 1. The Morgan fingerprint density at radius 3 is 2.58 bits per heavy atom. The molecule has 1 aromatic rings. The van der Waals surface area contributed by atoms with Crippen LogP contribution in [0.25, 0.3) is 0 Å². The van der Waals surface area contributed by atoms with Crippen LogP contribution in [0, 0.1) is 17.2 Å². The summed E-state index contributed by atoms with van der Waals surface area (Å²) in [5, 5.41) is 12.2. The fraction of sp³-hybridized carbons (Fsp3) is 0.562. The van der Waals surface area contributed by atoms with Crippen molar-refractivity contribution >= 4 is 21.6 Å². The van der Waals surface area contributed by atoms with Gasteiger partial charge in [-0.1, -0.05) is 39.5 Å². The van der Waals surface area contributed by atoms with Gasteiger partial charge in [0.15, 0.2) is 0 Å². The Kier molecular flexibility index (Phi) is 7.59. The molecule has 0 saturated carbocycles. The van der Waals surface area contributed by atoms with Crippen molar-refractivity contribution in [2.75, 3.05) is 11.9 Å². The Balaban J connectivity index is 2.18. The number of hydrogen-bond donors (Lipinski definition) is 1. The largest absolute Gasteiger partial charge is 0.384 e. The molecule has 3 heteroatoms. The van der Waals surface area contributed by atoms with Crippen LogP contribution in [0.3, 0.4) is 0 Å². The van der Waals surface area contributed by atoms with Crippen molar-refractivity contribution < 1.29 is 0 Å². The van der Waals surface area contributed by atoms with Crippen molar-refractivity contribution in [1.82, 2.24) is 0 Å². The highest BCUT2D eigenvalue weighted by atomic mass is 79.9. The molecule has 0 atom stereocenters. The molecule has 1 N–H and O–H groups in total. The summed E-state index contributed by atoms with van der Waals surface area (Å²) < 4.78 is 0.964. The molecule has 0 radical (unpaired) electrons. The summed E-state index contributed by atoms with van der Waals surface area (Å²) in [6.07, 6.45) is 6.50. The van der Waals surface area contributed by atoms with Crippen LogP contribution in [0.2, 0.25) is 0 Å². The summed E-state index contributed by atoms with van der Waals surface area (Å²) >= 11 is 3.48. The lowest BCUT2D eigenvalue weighted by molar-refractivity contribution is 0.523. The minimum Gasteiger partial charge on any atom is -0.384 e. The van der Waals surface area contributed by atoms with E-state index in [4.69, 9.17) is 5.26 Å². The predicted molar refractivity (Wildman–Crippen MR) is 85.3 cm³/mol. The Bertz CT molecular complexity index is 421. The van der Waals surface area contributed by atoms with Gasteiger partial charge in [-0.05, 0) is 46.5 Å². The predicted octanol–water partition coefficient (Wildman–Crippen LogP) is 5.34. The minimum absolute atomic E-state index is 0.686. The fourth-order valence-electron chi connectivity index (χ4n) is 1.98. The second-order valence-corrected chi connectivity index (χ2v) is 6.18. The van der Waals surface area contributed by atoms with Crippen LogP contribution in [0.15, 0.2) is 22.7 Å². The number of benzene rings is 1. The number of nitriles is 1. The maximum atomic E-state index is 8.80. The molecule has 0 fully saturated rings. The van der Waals surface area contributed by atoms with Crippen LogP contribution in [-0.4, -0.2) is 6.54 Å². The van der Waals surface area contributed by atoms with Gasteiger partial charge in [0.05, 0.1) is 11.6 Å². The van der Waals surface area contributed by atoms with E-state index in [1.807, 2.05) is 18.2 Å². The monoisotopic (exact) mass is 322 g/mol. The summed E-state index contributed by atoms with van der Waals surface area (Å²) in [5.41, 5.74) is 1.76. The van der Waals surface area contributed by atoms with Gasteiger partial charge >= 0.3 is 0 Å². The minimum atomic E-state index is 0.686. The van der Waals surface area contributed by atoms with Crippen molar-refractivity contribution in [3.63, 3.8) is 0 Å². The van der Waals surface area contributed by atoms with E-state index in [0.29, 0.717) is 5.56 Å². The van der Waals surface area contributed by atoms with Gasteiger partial charge in [-0.3, -0.25) is 0 Å². The quantitative estimate of drug-likeness (QED) is 0.656. The summed E-state index contributed by atoms with van der Waals surface area (Å²) in [7, 11) is 0. The van der Waals surface area contributed by atoms with Gasteiger partial charge in [0.1, 0.15) is 0 Å². The summed E-state index contributed by atoms with van der Waals surface area (Å²) in [6, 6.07) is 7.79. The first-order chi connectivity index (χ1) is 9.13. The van der Waals surface area contributed by atoms with Gasteiger partial charge in [-0.25, -0.2) is 0 Å². The lowest BCUT2D eigenvalue weighted by Crippen LogP contribution is -2.02. The number of rotatable bonds is 8. The maximum Gasteiger partial charge on any atom is 0.0992 e. The molecule has 104 valence electrons. The van der Waals surface area contributed by atoms with Crippen LogP contribution < -0.4 is 5.32 Å². The molecule has 0 aliphatic carbocycles. The number of anilines is 1. The van der Waals surface area contributed by atoms with Gasteiger partial charge in [-0.2, -0.15) is 5.26 Å². The SMILES string of the molecule is CC(C)CCCCCCNc1ccc(C#N)cc1Br. The Labute approximate surface area is 125 Å². The highest BCUT2D eigenvalue weighted by molar-refractivity contribution is 9.10. The van der Waals surface area contributed by atoms with Crippen molar-refractivity contribution in [2.24, 2.45) is 5.92 Å². The molecule has 0 aliphatic heterocycles. The zero-order valence-electron chi connectivity index (χ0n) is 11.9. The van der Waals surface area contributed by atoms with Crippen LogP contribution in [0.5, 0.6) is 0 Å². The molecule has 1 aromatic carbocycles. The first kappa shape index (κ1) is 16.0. The third kappa shape index (κ3) is 6.63. The van der Waals surface area contributed by atoms with Crippen LogP contribution in [0.4, 0.5) is 5.69 Å². The third-order valence-electron chi connectivity index (χ3n) is 3.12. The van der Waals surface area contributed by atoms with E-state index in [0.717, 1.165) is 22.6 Å². The summed E-state index contributed by atoms with van der Waals surface area (Å²) in [4.78, 5) is 0. The molecule has 0 unspecified atom stereocenters.